The van der Waals surface area contributed by atoms with Gasteiger partial charge in [0, 0.05) is 33.2 Å². The Kier molecular flexibility index (Phi) is 3.99. The van der Waals surface area contributed by atoms with E-state index in [1.54, 1.807) is 24.5 Å². The maximum absolute atomic E-state index is 12.7. The number of carbonyl (C=O) groups excluding carboxylic acids is 1. The monoisotopic (exact) mass is 338 g/mol. The second-order valence-electron chi connectivity index (χ2n) is 5.37. The molecule has 2 heterocycles. The lowest BCUT2D eigenvalue weighted by Gasteiger charge is -2.33. The molecule has 124 valence electrons. The lowest BCUT2D eigenvalue weighted by atomic mass is 10.3. The summed E-state index contributed by atoms with van der Waals surface area (Å²) in [6.45, 7) is 1.13. The molecular formula is C14H18N4O4S. The second-order valence-corrected chi connectivity index (χ2v) is 7.31. The Morgan fingerprint density at radius 3 is 2.57 bits per heavy atom. The average Bonchev–Trinajstić information content (AvgIpc) is 2.95. The van der Waals surface area contributed by atoms with Gasteiger partial charge in [-0.05, 0) is 18.2 Å². The van der Waals surface area contributed by atoms with Crippen molar-refractivity contribution in [3.05, 3.63) is 24.5 Å². The molecule has 0 atom stereocenters. The number of imidazole rings is 1. The number of aryl methyl sites for hydroxylation is 1. The molecule has 0 radical (unpaired) electrons. The zero-order valence-corrected chi connectivity index (χ0v) is 13.8. The van der Waals surface area contributed by atoms with Crippen LogP contribution >= 0.6 is 0 Å². The summed E-state index contributed by atoms with van der Waals surface area (Å²) in [4.78, 5) is 17.4. The summed E-state index contributed by atoms with van der Waals surface area (Å²) in [5.41, 5.74) is 1.52. The number of rotatable bonds is 2. The molecule has 2 aromatic rings. The predicted octanol–water partition coefficient (Wildman–Crippen LogP) is 0.646. The van der Waals surface area contributed by atoms with E-state index in [2.05, 4.69) is 9.72 Å². The first-order valence-electron chi connectivity index (χ1n) is 7.17. The summed E-state index contributed by atoms with van der Waals surface area (Å²) in [7, 11) is -0.425. The first-order chi connectivity index (χ1) is 10.9. The number of aromatic nitrogens is 2. The summed E-state index contributed by atoms with van der Waals surface area (Å²) in [5.74, 6) is 0. The zero-order chi connectivity index (χ0) is 16.6. The third kappa shape index (κ3) is 2.77. The molecule has 23 heavy (non-hydrogen) atoms. The molecule has 3 rings (SSSR count). The van der Waals surface area contributed by atoms with E-state index in [-0.39, 0.29) is 18.0 Å². The van der Waals surface area contributed by atoms with E-state index in [1.165, 1.54) is 16.3 Å². The molecule has 1 fully saturated rings. The molecule has 8 nitrogen and oxygen atoms in total. The number of sulfonamides is 1. The van der Waals surface area contributed by atoms with Crippen LogP contribution in [0.3, 0.4) is 0 Å². The van der Waals surface area contributed by atoms with E-state index in [1.807, 2.05) is 11.6 Å². The molecule has 0 aliphatic carbocycles. The molecule has 0 spiro atoms. The quantitative estimate of drug-likeness (QED) is 0.802. The third-order valence-corrected chi connectivity index (χ3v) is 5.90. The highest BCUT2D eigenvalue weighted by molar-refractivity contribution is 7.89. The fourth-order valence-corrected chi connectivity index (χ4v) is 4.11. The summed E-state index contributed by atoms with van der Waals surface area (Å²) in [5, 5.41) is 0. The predicted molar refractivity (Wildman–Crippen MR) is 83.5 cm³/mol. The summed E-state index contributed by atoms with van der Waals surface area (Å²) in [6.07, 6.45) is 1.22. The van der Waals surface area contributed by atoms with Crippen molar-refractivity contribution in [1.29, 1.82) is 0 Å². The van der Waals surface area contributed by atoms with Crippen molar-refractivity contribution in [2.75, 3.05) is 33.3 Å². The number of carbonyl (C=O) groups is 1. The minimum absolute atomic E-state index is 0.218. The Bertz CT molecular complexity index is 838. The number of methoxy groups -OCH3 is 1. The van der Waals surface area contributed by atoms with Gasteiger partial charge in [0.2, 0.25) is 10.0 Å². The van der Waals surface area contributed by atoms with Gasteiger partial charge >= 0.3 is 6.09 Å². The van der Waals surface area contributed by atoms with Gasteiger partial charge in [0.25, 0.3) is 0 Å². The Morgan fingerprint density at radius 1 is 1.22 bits per heavy atom. The van der Waals surface area contributed by atoms with Gasteiger partial charge in [-0.2, -0.15) is 4.31 Å². The van der Waals surface area contributed by atoms with Crippen LogP contribution in [0.25, 0.3) is 11.0 Å². The molecule has 1 aliphatic heterocycles. The molecule has 1 aliphatic rings. The number of amides is 1. The number of ether oxygens (including phenoxy) is 1. The van der Waals surface area contributed by atoms with Crippen molar-refractivity contribution in [2.24, 2.45) is 7.05 Å². The van der Waals surface area contributed by atoms with E-state index < -0.39 is 16.1 Å². The van der Waals surface area contributed by atoms with Crippen LogP contribution in [-0.2, 0) is 21.8 Å². The molecule has 0 N–H and O–H groups in total. The number of fused-ring (bicyclic) bond motifs is 1. The van der Waals surface area contributed by atoms with Crippen molar-refractivity contribution in [2.45, 2.75) is 4.90 Å². The summed E-state index contributed by atoms with van der Waals surface area (Å²) in [6, 6.07) is 4.92. The van der Waals surface area contributed by atoms with Crippen LogP contribution < -0.4 is 0 Å². The summed E-state index contributed by atoms with van der Waals surface area (Å²) < 4.78 is 33.4. The van der Waals surface area contributed by atoms with Crippen LogP contribution in [-0.4, -0.2) is 66.6 Å². The molecule has 1 amide bonds. The second kappa shape index (κ2) is 5.82. The Labute approximate surface area is 134 Å². The van der Waals surface area contributed by atoms with Gasteiger partial charge < -0.3 is 14.2 Å². The molecule has 1 aromatic carbocycles. The van der Waals surface area contributed by atoms with E-state index in [0.29, 0.717) is 18.6 Å². The molecule has 1 saturated heterocycles. The highest BCUT2D eigenvalue weighted by atomic mass is 32.2. The molecule has 9 heteroatoms. The average molecular weight is 338 g/mol. The van der Waals surface area contributed by atoms with Crippen LogP contribution in [0.1, 0.15) is 0 Å². The normalized spacial score (nSPS) is 16.7. The summed E-state index contributed by atoms with van der Waals surface area (Å²) >= 11 is 0. The zero-order valence-electron chi connectivity index (χ0n) is 13.0. The van der Waals surface area contributed by atoms with Crippen molar-refractivity contribution in [1.82, 2.24) is 18.8 Å². The maximum atomic E-state index is 12.7. The van der Waals surface area contributed by atoms with Gasteiger partial charge in [0.15, 0.2) is 0 Å². The number of nitrogens with zero attached hydrogens (tertiary/aromatic N) is 4. The molecule has 0 saturated carbocycles. The smallest absolute Gasteiger partial charge is 0.409 e. The standard InChI is InChI=1S/C14H18N4O4S/c1-16-10-15-12-9-11(3-4-13(12)16)23(20,21)18-7-5-17(6-8-18)14(19)22-2/h3-4,9-10H,5-8H2,1-2H3. The molecule has 0 unspecified atom stereocenters. The fraction of sp³-hybridized carbons (Fsp3) is 0.429. The van der Waals surface area contributed by atoms with Crippen LogP contribution in [0.4, 0.5) is 4.79 Å². The van der Waals surface area contributed by atoms with Crippen LogP contribution in [0.2, 0.25) is 0 Å². The van der Waals surface area contributed by atoms with Crippen LogP contribution in [0.15, 0.2) is 29.4 Å². The van der Waals surface area contributed by atoms with Crippen molar-refractivity contribution >= 4 is 27.1 Å². The van der Waals surface area contributed by atoms with Gasteiger partial charge in [-0.1, -0.05) is 0 Å². The minimum Gasteiger partial charge on any atom is -0.453 e. The number of benzene rings is 1. The Balaban J connectivity index is 1.82. The first kappa shape index (κ1) is 15.8. The number of hydrogen-bond donors (Lipinski definition) is 0. The number of hydrogen-bond acceptors (Lipinski definition) is 5. The van der Waals surface area contributed by atoms with E-state index in [4.69, 9.17) is 0 Å². The topological polar surface area (TPSA) is 84.7 Å². The van der Waals surface area contributed by atoms with E-state index in [9.17, 15) is 13.2 Å². The molecular weight excluding hydrogens is 320 g/mol. The SMILES string of the molecule is COC(=O)N1CCN(S(=O)(=O)c2ccc3c(c2)ncn3C)CC1. The maximum Gasteiger partial charge on any atom is 0.409 e. The largest absolute Gasteiger partial charge is 0.453 e. The Hall–Kier alpha value is -2.13. The highest BCUT2D eigenvalue weighted by Crippen LogP contribution is 2.22. The van der Waals surface area contributed by atoms with Gasteiger partial charge in [-0.3, -0.25) is 0 Å². The van der Waals surface area contributed by atoms with Gasteiger partial charge in [-0.25, -0.2) is 18.2 Å². The van der Waals surface area contributed by atoms with Crippen molar-refractivity contribution in [3.63, 3.8) is 0 Å². The Morgan fingerprint density at radius 2 is 1.91 bits per heavy atom. The third-order valence-electron chi connectivity index (χ3n) is 4.01. The van der Waals surface area contributed by atoms with E-state index in [0.717, 1.165) is 5.52 Å². The fourth-order valence-electron chi connectivity index (χ4n) is 2.67. The van der Waals surface area contributed by atoms with Crippen molar-refractivity contribution in [3.8, 4) is 0 Å². The lowest BCUT2D eigenvalue weighted by Crippen LogP contribution is -2.50. The first-order valence-corrected chi connectivity index (χ1v) is 8.61. The number of piperazine rings is 1. The molecule has 1 aromatic heterocycles. The highest BCUT2D eigenvalue weighted by Gasteiger charge is 2.30. The van der Waals surface area contributed by atoms with Crippen LogP contribution in [0, 0.1) is 0 Å². The van der Waals surface area contributed by atoms with E-state index >= 15 is 0 Å². The van der Waals surface area contributed by atoms with Crippen molar-refractivity contribution < 1.29 is 17.9 Å². The lowest BCUT2D eigenvalue weighted by molar-refractivity contribution is 0.108. The van der Waals surface area contributed by atoms with Crippen LogP contribution in [0.5, 0.6) is 0 Å². The van der Waals surface area contributed by atoms with Gasteiger partial charge in [0.1, 0.15) is 0 Å². The van der Waals surface area contributed by atoms with Gasteiger partial charge in [-0.15, -0.1) is 0 Å². The molecule has 0 bridgehead atoms. The van der Waals surface area contributed by atoms with Gasteiger partial charge in [0.05, 0.1) is 29.4 Å². The minimum atomic E-state index is -3.59.